The van der Waals surface area contributed by atoms with Gasteiger partial charge in [0.2, 0.25) is 11.0 Å². The molecule has 10 nitrogen and oxygen atoms in total. The van der Waals surface area contributed by atoms with Gasteiger partial charge in [0.1, 0.15) is 11.6 Å². The predicted octanol–water partition coefficient (Wildman–Crippen LogP) is 4.39. The number of benzene rings is 2. The van der Waals surface area contributed by atoms with Crippen LogP contribution in [0.5, 0.6) is 5.75 Å². The van der Waals surface area contributed by atoms with Crippen LogP contribution in [0, 0.1) is 10.1 Å². The SMILES string of the molecule is CCCCN(CCC(=O)N1CCN(c2ccc([N+](=O)[O-])cc2)CC1)c1nc(Cc2cccc(OC)c2)ns1. The molecule has 0 radical (unpaired) electrons. The molecule has 2 heterocycles. The molecule has 2 aromatic carbocycles. The van der Waals surface area contributed by atoms with Crippen LogP contribution in [-0.2, 0) is 11.2 Å². The average Bonchev–Trinajstić information content (AvgIpc) is 3.41. The number of ether oxygens (including phenoxy) is 1. The maximum atomic E-state index is 13.0. The minimum absolute atomic E-state index is 0.0815. The van der Waals surface area contributed by atoms with Crippen LogP contribution in [0.4, 0.5) is 16.5 Å². The molecule has 0 bridgehead atoms. The third-order valence-corrected chi connectivity index (χ3v) is 7.47. The summed E-state index contributed by atoms with van der Waals surface area (Å²) in [5.41, 5.74) is 2.12. The molecule has 0 N–H and O–H groups in total. The number of rotatable bonds is 12. The first-order valence-electron chi connectivity index (χ1n) is 12.9. The van der Waals surface area contributed by atoms with Crippen LogP contribution in [0.2, 0.25) is 0 Å². The molecule has 202 valence electrons. The Labute approximate surface area is 227 Å². The minimum atomic E-state index is -0.395. The van der Waals surface area contributed by atoms with E-state index in [0.29, 0.717) is 45.6 Å². The number of methoxy groups -OCH3 is 1. The van der Waals surface area contributed by atoms with Gasteiger partial charge in [0, 0.05) is 81.5 Å². The molecule has 0 atom stereocenters. The number of amides is 1. The topological polar surface area (TPSA) is 105 Å². The Bertz CT molecular complexity index is 1210. The van der Waals surface area contributed by atoms with Gasteiger partial charge in [-0.25, -0.2) is 4.98 Å². The number of nitrogens with zero attached hydrogens (tertiary/aromatic N) is 6. The number of nitro groups is 1. The van der Waals surface area contributed by atoms with Gasteiger partial charge in [-0.15, -0.1) is 0 Å². The van der Waals surface area contributed by atoms with Crippen LogP contribution >= 0.6 is 11.5 Å². The Morgan fingerprint density at radius 1 is 1.13 bits per heavy atom. The Kier molecular flexibility index (Phi) is 9.47. The number of hydrogen-bond acceptors (Lipinski definition) is 9. The first kappa shape index (κ1) is 27.3. The summed E-state index contributed by atoms with van der Waals surface area (Å²) in [5.74, 6) is 1.72. The zero-order chi connectivity index (χ0) is 26.9. The van der Waals surface area contributed by atoms with Gasteiger partial charge < -0.3 is 19.4 Å². The number of unbranched alkanes of at least 4 members (excludes halogenated alkanes) is 1. The first-order chi connectivity index (χ1) is 18.5. The molecular weight excluding hydrogens is 504 g/mol. The molecule has 38 heavy (non-hydrogen) atoms. The summed E-state index contributed by atoms with van der Waals surface area (Å²) in [6.45, 7) is 6.27. The highest BCUT2D eigenvalue weighted by atomic mass is 32.1. The van der Waals surface area contributed by atoms with Crippen molar-refractivity contribution in [3.63, 3.8) is 0 Å². The lowest BCUT2D eigenvalue weighted by Crippen LogP contribution is -2.49. The number of carbonyl (C=O) groups excluding carboxylic acids is 1. The maximum absolute atomic E-state index is 13.0. The van der Waals surface area contributed by atoms with Gasteiger partial charge in [-0.05, 0) is 36.2 Å². The molecule has 0 saturated carbocycles. The predicted molar refractivity (Wildman–Crippen MR) is 149 cm³/mol. The van der Waals surface area contributed by atoms with Crippen molar-refractivity contribution in [2.45, 2.75) is 32.6 Å². The highest BCUT2D eigenvalue weighted by Crippen LogP contribution is 2.23. The van der Waals surface area contributed by atoms with E-state index in [4.69, 9.17) is 9.72 Å². The first-order valence-corrected chi connectivity index (χ1v) is 13.7. The lowest BCUT2D eigenvalue weighted by molar-refractivity contribution is -0.384. The van der Waals surface area contributed by atoms with Crippen molar-refractivity contribution in [3.8, 4) is 5.75 Å². The molecule has 0 unspecified atom stereocenters. The largest absolute Gasteiger partial charge is 0.497 e. The van der Waals surface area contributed by atoms with Gasteiger partial charge in [0.25, 0.3) is 5.69 Å². The summed E-state index contributed by atoms with van der Waals surface area (Å²) in [6, 6.07) is 14.5. The molecule has 0 aliphatic carbocycles. The quantitative estimate of drug-likeness (QED) is 0.247. The van der Waals surface area contributed by atoms with Crippen molar-refractivity contribution in [1.82, 2.24) is 14.3 Å². The van der Waals surface area contributed by atoms with Crippen LogP contribution in [0.3, 0.4) is 0 Å². The van der Waals surface area contributed by atoms with E-state index in [0.717, 1.165) is 47.3 Å². The normalized spacial score (nSPS) is 13.4. The molecule has 1 aliphatic heterocycles. The Balaban J connectivity index is 1.30. The van der Waals surface area contributed by atoms with Crippen molar-refractivity contribution in [3.05, 3.63) is 70.0 Å². The zero-order valence-corrected chi connectivity index (χ0v) is 22.7. The van der Waals surface area contributed by atoms with Gasteiger partial charge in [-0.2, -0.15) is 4.37 Å². The lowest BCUT2D eigenvalue weighted by Gasteiger charge is -2.36. The van der Waals surface area contributed by atoms with E-state index in [1.807, 2.05) is 29.2 Å². The fraction of sp³-hybridized carbons (Fsp3) is 0.444. The Morgan fingerprint density at radius 3 is 2.58 bits per heavy atom. The molecule has 1 aromatic heterocycles. The molecule has 11 heteroatoms. The van der Waals surface area contributed by atoms with E-state index in [1.54, 1.807) is 19.2 Å². The fourth-order valence-electron chi connectivity index (χ4n) is 4.45. The molecule has 1 saturated heterocycles. The van der Waals surface area contributed by atoms with Crippen molar-refractivity contribution >= 4 is 33.9 Å². The van der Waals surface area contributed by atoms with Crippen LogP contribution < -0.4 is 14.5 Å². The van der Waals surface area contributed by atoms with Gasteiger partial charge in [-0.1, -0.05) is 25.5 Å². The number of carbonyl (C=O) groups is 1. The maximum Gasteiger partial charge on any atom is 0.269 e. The molecular formula is C27H34N6O4S. The fourth-order valence-corrected chi connectivity index (χ4v) is 5.19. The molecule has 1 aliphatic rings. The number of anilines is 2. The summed E-state index contributed by atoms with van der Waals surface area (Å²) < 4.78 is 9.89. The highest BCUT2D eigenvalue weighted by Gasteiger charge is 2.23. The van der Waals surface area contributed by atoms with E-state index in [2.05, 4.69) is 21.1 Å². The van der Waals surface area contributed by atoms with E-state index >= 15 is 0 Å². The van der Waals surface area contributed by atoms with Crippen molar-refractivity contribution < 1.29 is 14.5 Å². The summed E-state index contributed by atoms with van der Waals surface area (Å²) in [7, 11) is 1.66. The molecule has 1 amide bonds. The van der Waals surface area contributed by atoms with Crippen molar-refractivity contribution in [2.24, 2.45) is 0 Å². The zero-order valence-electron chi connectivity index (χ0n) is 21.9. The molecule has 3 aromatic rings. The molecule has 1 fully saturated rings. The monoisotopic (exact) mass is 538 g/mol. The molecule has 0 spiro atoms. The highest BCUT2D eigenvalue weighted by molar-refractivity contribution is 7.09. The van der Waals surface area contributed by atoms with Gasteiger partial charge >= 0.3 is 0 Å². The van der Waals surface area contributed by atoms with Crippen molar-refractivity contribution in [1.29, 1.82) is 0 Å². The third-order valence-electron chi connectivity index (χ3n) is 6.66. The number of piperazine rings is 1. The molecule has 4 rings (SSSR count). The summed E-state index contributed by atoms with van der Waals surface area (Å²) in [4.78, 5) is 34.6. The Morgan fingerprint density at radius 2 is 1.89 bits per heavy atom. The van der Waals surface area contributed by atoms with Gasteiger partial charge in [-0.3, -0.25) is 14.9 Å². The van der Waals surface area contributed by atoms with E-state index in [-0.39, 0.29) is 11.6 Å². The van der Waals surface area contributed by atoms with Gasteiger partial charge in [0.15, 0.2) is 0 Å². The summed E-state index contributed by atoms with van der Waals surface area (Å²) in [6.07, 6.45) is 3.14. The van der Waals surface area contributed by atoms with Crippen LogP contribution in [0.25, 0.3) is 0 Å². The number of non-ortho nitro benzene ring substituents is 1. The standard InChI is InChI=1S/C27H34N6O4S/c1-3-4-13-32(27-28-25(29-38-27)20-21-6-5-7-24(19-21)37-2)14-12-26(34)31-17-15-30(16-18-31)22-8-10-23(11-9-22)33(35)36/h5-11,19H,3-4,12-18,20H2,1-2H3. The minimum Gasteiger partial charge on any atom is -0.497 e. The Hall–Kier alpha value is -3.73. The van der Waals surface area contributed by atoms with Crippen LogP contribution in [0.15, 0.2) is 48.5 Å². The summed E-state index contributed by atoms with van der Waals surface area (Å²) >= 11 is 1.39. The second-order valence-corrected chi connectivity index (χ2v) is 9.98. The second kappa shape index (κ2) is 13.2. The number of aromatic nitrogens is 2. The van der Waals surface area contributed by atoms with E-state index < -0.39 is 4.92 Å². The van der Waals surface area contributed by atoms with Gasteiger partial charge in [0.05, 0.1) is 12.0 Å². The van der Waals surface area contributed by atoms with E-state index in [1.165, 1.54) is 23.7 Å². The third kappa shape index (κ3) is 7.18. The summed E-state index contributed by atoms with van der Waals surface area (Å²) in [5, 5.41) is 11.7. The van der Waals surface area contributed by atoms with E-state index in [9.17, 15) is 14.9 Å². The van der Waals surface area contributed by atoms with Crippen LogP contribution in [-0.4, -0.2) is 71.5 Å². The second-order valence-electron chi connectivity index (χ2n) is 9.25. The number of hydrogen-bond donors (Lipinski definition) is 0. The smallest absolute Gasteiger partial charge is 0.269 e. The average molecular weight is 539 g/mol. The lowest BCUT2D eigenvalue weighted by atomic mass is 10.1. The van der Waals surface area contributed by atoms with Crippen LogP contribution in [0.1, 0.15) is 37.6 Å². The number of nitro benzene ring substituents is 1. The van der Waals surface area contributed by atoms with Crippen molar-refractivity contribution in [2.75, 3.05) is 56.2 Å².